The summed E-state index contributed by atoms with van der Waals surface area (Å²) in [6.45, 7) is 3.60. The van der Waals surface area contributed by atoms with Crippen molar-refractivity contribution in [1.29, 1.82) is 0 Å². The molecule has 1 atom stereocenters. The van der Waals surface area contributed by atoms with Gasteiger partial charge in [-0.15, -0.1) is 0 Å². The first-order chi connectivity index (χ1) is 13.9. The molecule has 1 N–H and O–H groups in total. The molecule has 0 spiro atoms. The maximum Gasteiger partial charge on any atom is 0.410 e. The molecule has 154 valence electrons. The molecule has 0 aliphatic rings. The van der Waals surface area contributed by atoms with Gasteiger partial charge in [0.05, 0.1) is 5.69 Å². The zero-order valence-electron chi connectivity index (χ0n) is 17.1. The highest BCUT2D eigenvalue weighted by atomic mass is 31.2. The zero-order valence-corrected chi connectivity index (χ0v) is 18.0. The Morgan fingerprint density at radius 3 is 2.24 bits per heavy atom. The van der Waals surface area contributed by atoms with E-state index in [9.17, 15) is 9.46 Å². The summed E-state index contributed by atoms with van der Waals surface area (Å²) in [6, 6.07) is 13.4. The Morgan fingerprint density at radius 2 is 1.69 bits per heavy atom. The van der Waals surface area contributed by atoms with E-state index in [0.29, 0.717) is 18.5 Å². The highest BCUT2D eigenvalue weighted by Gasteiger charge is 2.49. The Labute approximate surface area is 170 Å². The van der Waals surface area contributed by atoms with Gasteiger partial charge in [0.1, 0.15) is 5.69 Å². The second-order valence-corrected chi connectivity index (χ2v) is 8.76. The van der Waals surface area contributed by atoms with E-state index < -0.39 is 12.9 Å². The first-order valence-corrected chi connectivity index (χ1v) is 11.1. The van der Waals surface area contributed by atoms with Crippen molar-refractivity contribution in [3.8, 4) is 28.5 Å². The Hall–Kier alpha value is -2.47. The molecule has 7 nitrogen and oxygen atoms in total. The Kier molecular flexibility index (Phi) is 6.22. The number of hydrogen-bond donors (Lipinski definition) is 1. The van der Waals surface area contributed by atoms with Gasteiger partial charge in [-0.1, -0.05) is 44.2 Å². The molecule has 3 rings (SSSR count). The van der Waals surface area contributed by atoms with Crippen LogP contribution in [0.3, 0.4) is 0 Å². The smallest absolute Gasteiger partial charge is 0.389 e. The Morgan fingerprint density at radius 1 is 1.07 bits per heavy atom. The molecular weight excluding hydrogens is 389 g/mol. The summed E-state index contributed by atoms with van der Waals surface area (Å²) in [5, 5.41) is -1.29. The predicted octanol–water partition coefficient (Wildman–Crippen LogP) is 4.88. The molecule has 3 aromatic rings. The van der Waals surface area contributed by atoms with E-state index >= 15 is 0 Å². The summed E-state index contributed by atoms with van der Waals surface area (Å²) in [5.41, 5.74) is 3.18. The highest BCUT2D eigenvalue weighted by Crippen LogP contribution is 2.59. The second-order valence-electron chi connectivity index (χ2n) is 6.72. The van der Waals surface area contributed by atoms with Gasteiger partial charge in [0.2, 0.25) is 0 Å². The van der Waals surface area contributed by atoms with Gasteiger partial charge in [-0.25, -0.2) is 4.57 Å². The minimum atomic E-state index is -4.19. The molecule has 0 aliphatic heterocycles. The maximum atomic E-state index is 13.2. The molecule has 0 aliphatic carbocycles. The van der Waals surface area contributed by atoms with Crippen LogP contribution in [-0.4, -0.2) is 31.9 Å². The van der Waals surface area contributed by atoms with Crippen molar-refractivity contribution < 1.29 is 18.7 Å². The van der Waals surface area contributed by atoms with E-state index in [1.807, 2.05) is 42.5 Å². The van der Waals surface area contributed by atoms with Crippen LogP contribution in [0.2, 0.25) is 0 Å². The van der Waals surface area contributed by atoms with Crippen molar-refractivity contribution in [2.24, 2.45) is 7.05 Å². The third-order valence-electron chi connectivity index (χ3n) is 5.26. The van der Waals surface area contributed by atoms with Crippen LogP contribution in [0.15, 0.2) is 54.9 Å². The van der Waals surface area contributed by atoms with Crippen molar-refractivity contribution >= 4 is 7.60 Å². The molecule has 0 amide bonds. The van der Waals surface area contributed by atoms with Gasteiger partial charge in [-0.3, -0.25) is 9.55 Å². The molecule has 1 aromatic carbocycles. The number of methoxy groups -OCH3 is 1. The molecule has 2 aromatic heterocycles. The lowest BCUT2D eigenvalue weighted by Gasteiger charge is -2.33. The van der Waals surface area contributed by atoms with Crippen LogP contribution in [0.1, 0.15) is 26.7 Å². The van der Waals surface area contributed by atoms with Crippen molar-refractivity contribution in [2.75, 3.05) is 7.11 Å². The molecule has 0 radical (unpaired) electrons. The normalized spacial score (nSPS) is 13.8. The van der Waals surface area contributed by atoms with Crippen LogP contribution in [0, 0.1) is 0 Å². The van der Waals surface area contributed by atoms with E-state index in [0.717, 1.165) is 16.8 Å². The van der Waals surface area contributed by atoms with Gasteiger partial charge < -0.3 is 14.2 Å². The first kappa shape index (κ1) is 21.2. The van der Waals surface area contributed by atoms with E-state index in [-0.39, 0.29) is 6.01 Å². The number of pyridine rings is 1. The lowest BCUT2D eigenvalue weighted by atomic mass is 10.1. The predicted molar refractivity (Wildman–Crippen MR) is 113 cm³/mol. The Bertz CT molecular complexity index is 993. The Balaban J connectivity index is 2.15. The average molecular weight is 415 g/mol. The van der Waals surface area contributed by atoms with Crippen molar-refractivity contribution in [3.63, 3.8) is 0 Å². The largest absolute Gasteiger partial charge is 0.410 e. The fraction of sp³-hybridized carbons (Fsp3) is 0.333. The summed E-state index contributed by atoms with van der Waals surface area (Å²) in [7, 11) is -1.00. The number of rotatable bonds is 8. The van der Waals surface area contributed by atoms with Crippen LogP contribution in [-0.2, 0) is 16.3 Å². The lowest BCUT2D eigenvalue weighted by Crippen LogP contribution is -2.32. The summed E-state index contributed by atoms with van der Waals surface area (Å²) in [4.78, 5) is 19.5. The monoisotopic (exact) mass is 415 g/mol. The lowest BCUT2D eigenvalue weighted by molar-refractivity contribution is 0.0324. The van der Waals surface area contributed by atoms with E-state index in [2.05, 4.69) is 9.97 Å². The van der Waals surface area contributed by atoms with Crippen molar-refractivity contribution in [3.05, 3.63) is 54.9 Å². The molecule has 2 heterocycles. The third kappa shape index (κ3) is 3.86. The van der Waals surface area contributed by atoms with Crippen LogP contribution >= 0.6 is 7.60 Å². The van der Waals surface area contributed by atoms with Gasteiger partial charge in [-0.2, -0.15) is 4.98 Å². The quantitative estimate of drug-likeness (QED) is 0.528. The van der Waals surface area contributed by atoms with Gasteiger partial charge in [-0.05, 0) is 25.0 Å². The molecule has 0 saturated heterocycles. The number of benzene rings is 1. The first-order valence-electron chi connectivity index (χ1n) is 9.49. The number of ether oxygens (including phenoxy) is 1. The van der Waals surface area contributed by atoms with Crippen LogP contribution in [0.25, 0.3) is 22.5 Å². The molecule has 1 unspecified atom stereocenters. The van der Waals surface area contributed by atoms with Crippen LogP contribution in [0.5, 0.6) is 6.01 Å². The molecular formula is C21H26N3O4P. The second kappa shape index (κ2) is 8.49. The fourth-order valence-electron chi connectivity index (χ4n) is 3.44. The number of hydrogen-bond acceptors (Lipinski definition) is 5. The minimum absolute atomic E-state index is 0.0600. The topological polar surface area (TPSA) is 86.5 Å². The van der Waals surface area contributed by atoms with Crippen molar-refractivity contribution in [2.45, 2.75) is 32.0 Å². The summed E-state index contributed by atoms with van der Waals surface area (Å²) < 4.78 is 26.0. The standard InChI is InChI=1S/C21H26N3O4P/c1-5-21(6-2,27-4)29(25,26)28-20-23-18(16-10-8-7-9-11-16)19(24(20)3)17-12-14-22-15-13-17/h7-15H,5-6H2,1-4H3,(H,25,26). The average Bonchev–Trinajstić information content (AvgIpc) is 3.06. The van der Waals surface area contributed by atoms with E-state index in [1.54, 1.807) is 37.9 Å². The summed E-state index contributed by atoms with van der Waals surface area (Å²) in [6.07, 6.45) is 4.05. The van der Waals surface area contributed by atoms with Gasteiger partial charge >= 0.3 is 13.6 Å². The molecule has 0 fully saturated rings. The summed E-state index contributed by atoms with van der Waals surface area (Å²) >= 11 is 0. The van der Waals surface area contributed by atoms with E-state index in [1.165, 1.54) is 7.11 Å². The summed E-state index contributed by atoms with van der Waals surface area (Å²) in [5.74, 6) is 0. The van der Waals surface area contributed by atoms with Crippen LogP contribution < -0.4 is 4.52 Å². The third-order valence-corrected chi connectivity index (χ3v) is 7.52. The minimum Gasteiger partial charge on any atom is -0.389 e. The number of nitrogens with zero attached hydrogens (tertiary/aromatic N) is 3. The maximum absolute atomic E-state index is 13.2. The van der Waals surface area contributed by atoms with Gasteiger partial charge in [0.25, 0.3) is 0 Å². The van der Waals surface area contributed by atoms with E-state index in [4.69, 9.17) is 9.26 Å². The molecule has 29 heavy (non-hydrogen) atoms. The van der Waals surface area contributed by atoms with Gasteiger partial charge in [0.15, 0.2) is 5.34 Å². The number of aromatic nitrogens is 3. The highest BCUT2D eigenvalue weighted by molar-refractivity contribution is 7.54. The van der Waals surface area contributed by atoms with Crippen LogP contribution in [0.4, 0.5) is 0 Å². The zero-order chi connectivity index (χ0) is 21.1. The van der Waals surface area contributed by atoms with Crippen molar-refractivity contribution in [1.82, 2.24) is 14.5 Å². The fourth-order valence-corrected chi connectivity index (χ4v) is 5.03. The SMILES string of the molecule is CCC(CC)(OC)P(=O)(O)Oc1nc(-c2ccccc2)c(-c2ccncc2)n1C. The molecule has 0 bridgehead atoms. The molecule has 8 heteroatoms. The number of imidazole rings is 1. The van der Waals surface area contributed by atoms with Gasteiger partial charge in [0, 0.05) is 37.7 Å². The molecule has 0 saturated carbocycles.